The second-order valence-corrected chi connectivity index (χ2v) is 6.74. The fraction of sp³-hybridized carbons (Fsp3) is 0.500. The summed E-state index contributed by atoms with van der Waals surface area (Å²) in [4.78, 5) is 9.56. The third-order valence-electron chi connectivity index (χ3n) is 3.55. The molecule has 0 amide bonds. The van der Waals surface area contributed by atoms with E-state index in [0.29, 0.717) is 5.25 Å². The normalized spacial score (nSPS) is 23.6. The van der Waals surface area contributed by atoms with Gasteiger partial charge in [0.2, 0.25) is 0 Å². The Labute approximate surface area is 127 Å². The molecule has 1 atom stereocenters. The number of anilines is 1. The molecule has 1 aromatic rings. The van der Waals surface area contributed by atoms with E-state index in [1.165, 1.54) is 10.9 Å². The zero-order chi connectivity index (χ0) is 13.1. The van der Waals surface area contributed by atoms with Gasteiger partial charge in [-0.1, -0.05) is 45.9 Å². The van der Waals surface area contributed by atoms with E-state index in [4.69, 9.17) is 0 Å². The summed E-state index contributed by atoms with van der Waals surface area (Å²) < 4.78 is 0. The van der Waals surface area contributed by atoms with Crippen molar-refractivity contribution < 1.29 is 0 Å². The molecule has 0 aliphatic carbocycles. The van der Waals surface area contributed by atoms with Crippen LogP contribution in [0.4, 0.5) is 5.69 Å². The highest BCUT2D eigenvalue weighted by Gasteiger charge is 2.26. The Morgan fingerprint density at radius 2 is 1.79 bits per heavy atom. The predicted octanol–water partition coefficient (Wildman–Crippen LogP) is 2.67. The van der Waals surface area contributed by atoms with E-state index in [1.807, 2.05) is 11.8 Å². The summed E-state index contributed by atoms with van der Waals surface area (Å²) in [6.07, 6.45) is 0. The summed E-state index contributed by atoms with van der Waals surface area (Å²) in [6.45, 7) is 5.29. The van der Waals surface area contributed by atoms with Crippen molar-refractivity contribution in [3.8, 4) is 0 Å². The molecule has 2 heterocycles. The van der Waals surface area contributed by atoms with E-state index in [-0.39, 0.29) is 0 Å². The Kier molecular flexibility index (Phi) is 4.33. The van der Waals surface area contributed by atoms with Crippen LogP contribution in [0.3, 0.4) is 0 Å². The molecule has 2 aliphatic heterocycles. The Balaban J connectivity index is 1.56. The molecule has 3 rings (SSSR count). The number of alkyl halides is 1. The van der Waals surface area contributed by atoms with Crippen LogP contribution in [0.25, 0.3) is 0 Å². The van der Waals surface area contributed by atoms with E-state index in [1.54, 1.807) is 0 Å². The lowest BCUT2D eigenvalue weighted by Crippen LogP contribution is -2.47. The molecule has 0 aromatic heterocycles. The van der Waals surface area contributed by atoms with Gasteiger partial charge in [-0.2, -0.15) is 0 Å². The number of thioether (sulfide) groups is 1. The molecule has 1 unspecified atom stereocenters. The lowest BCUT2D eigenvalue weighted by Gasteiger charge is -2.37. The van der Waals surface area contributed by atoms with Gasteiger partial charge in [-0.3, -0.25) is 4.99 Å². The van der Waals surface area contributed by atoms with E-state index >= 15 is 0 Å². The first-order valence-corrected chi connectivity index (χ1v) is 8.69. The van der Waals surface area contributed by atoms with Crippen LogP contribution in [0.2, 0.25) is 0 Å². The standard InChI is InChI=1S/C14H18BrN3S/c15-10-13-11-16-14(19-13)18-8-6-17(7-9-18)12-4-2-1-3-5-12/h1-5,13H,6-11H2. The number of rotatable bonds is 2. The first-order valence-electron chi connectivity index (χ1n) is 6.69. The molecular weight excluding hydrogens is 322 g/mol. The summed E-state index contributed by atoms with van der Waals surface area (Å²) in [7, 11) is 0. The van der Waals surface area contributed by atoms with Gasteiger partial charge >= 0.3 is 0 Å². The van der Waals surface area contributed by atoms with Crippen molar-refractivity contribution >= 4 is 38.5 Å². The first kappa shape index (κ1) is 13.3. The monoisotopic (exact) mass is 339 g/mol. The van der Waals surface area contributed by atoms with Gasteiger partial charge < -0.3 is 9.80 Å². The van der Waals surface area contributed by atoms with Gasteiger partial charge in [0.15, 0.2) is 5.17 Å². The molecule has 0 radical (unpaired) electrons. The smallest absolute Gasteiger partial charge is 0.159 e. The topological polar surface area (TPSA) is 18.8 Å². The van der Waals surface area contributed by atoms with Crippen molar-refractivity contribution in [2.45, 2.75) is 5.25 Å². The lowest BCUT2D eigenvalue weighted by atomic mass is 10.2. The maximum Gasteiger partial charge on any atom is 0.159 e. The van der Waals surface area contributed by atoms with Crippen LogP contribution >= 0.6 is 27.7 Å². The Morgan fingerprint density at radius 3 is 2.42 bits per heavy atom. The zero-order valence-corrected chi connectivity index (χ0v) is 13.2. The molecule has 1 aromatic carbocycles. The van der Waals surface area contributed by atoms with Crippen LogP contribution in [0.5, 0.6) is 0 Å². The molecule has 0 bridgehead atoms. The third-order valence-corrected chi connectivity index (χ3v) is 6.00. The van der Waals surface area contributed by atoms with Gasteiger partial charge in [0.25, 0.3) is 0 Å². The number of para-hydroxylation sites is 1. The van der Waals surface area contributed by atoms with Crippen molar-refractivity contribution in [2.24, 2.45) is 4.99 Å². The van der Waals surface area contributed by atoms with Crippen molar-refractivity contribution in [3.05, 3.63) is 30.3 Å². The number of hydrogen-bond acceptors (Lipinski definition) is 4. The van der Waals surface area contributed by atoms with E-state index < -0.39 is 0 Å². The first-order chi connectivity index (χ1) is 9.36. The number of hydrogen-bond donors (Lipinski definition) is 0. The number of nitrogens with zero attached hydrogens (tertiary/aromatic N) is 3. The van der Waals surface area contributed by atoms with Crippen molar-refractivity contribution in [2.75, 3.05) is 43.0 Å². The minimum atomic E-state index is 0.627. The molecule has 5 heteroatoms. The summed E-state index contributed by atoms with van der Waals surface area (Å²) in [5.41, 5.74) is 1.33. The average Bonchev–Trinajstić information content (AvgIpc) is 2.97. The highest BCUT2D eigenvalue weighted by Crippen LogP contribution is 2.26. The largest absolute Gasteiger partial charge is 0.368 e. The van der Waals surface area contributed by atoms with Gasteiger partial charge in [-0.05, 0) is 12.1 Å². The second kappa shape index (κ2) is 6.18. The molecule has 0 spiro atoms. The summed E-state index contributed by atoms with van der Waals surface area (Å²) in [5, 5.41) is 2.91. The van der Waals surface area contributed by atoms with Gasteiger partial charge in [-0.25, -0.2) is 0 Å². The molecule has 1 saturated heterocycles. The van der Waals surface area contributed by atoms with E-state index in [2.05, 4.69) is 61.1 Å². The van der Waals surface area contributed by atoms with Gasteiger partial charge in [0, 0.05) is 42.4 Å². The number of amidine groups is 1. The lowest BCUT2D eigenvalue weighted by molar-refractivity contribution is 0.392. The fourth-order valence-electron chi connectivity index (χ4n) is 2.45. The minimum Gasteiger partial charge on any atom is -0.368 e. The van der Waals surface area contributed by atoms with E-state index in [0.717, 1.165) is 38.1 Å². The highest BCUT2D eigenvalue weighted by molar-refractivity contribution is 9.09. The maximum atomic E-state index is 4.67. The maximum absolute atomic E-state index is 4.67. The Morgan fingerprint density at radius 1 is 1.11 bits per heavy atom. The van der Waals surface area contributed by atoms with Crippen molar-refractivity contribution in [1.82, 2.24) is 4.90 Å². The van der Waals surface area contributed by atoms with Crippen LogP contribution in [0.15, 0.2) is 35.3 Å². The summed E-state index contributed by atoms with van der Waals surface area (Å²) >= 11 is 5.47. The van der Waals surface area contributed by atoms with Gasteiger partial charge in [-0.15, -0.1) is 0 Å². The molecule has 0 N–H and O–H groups in total. The molecule has 102 valence electrons. The molecular formula is C14H18BrN3S. The van der Waals surface area contributed by atoms with Crippen LogP contribution in [-0.2, 0) is 0 Å². The van der Waals surface area contributed by atoms with Crippen molar-refractivity contribution in [1.29, 1.82) is 0 Å². The second-order valence-electron chi connectivity index (χ2n) is 4.83. The highest BCUT2D eigenvalue weighted by atomic mass is 79.9. The molecule has 0 saturated carbocycles. The summed E-state index contributed by atoms with van der Waals surface area (Å²) in [6, 6.07) is 10.7. The minimum absolute atomic E-state index is 0.627. The SMILES string of the molecule is BrCC1CN=C(N2CCN(c3ccccc3)CC2)S1. The Hall–Kier alpha value is -0.680. The Bertz CT molecular complexity index is 443. The molecule has 3 nitrogen and oxygen atoms in total. The number of piperazine rings is 1. The molecule has 19 heavy (non-hydrogen) atoms. The van der Waals surface area contributed by atoms with E-state index in [9.17, 15) is 0 Å². The van der Waals surface area contributed by atoms with Crippen LogP contribution in [-0.4, -0.2) is 53.4 Å². The number of aliphatic imine (C=N–C) groups is 1. The predicted molar refractivity (Wildman–Crippen MR) is 87.7 cm³/mol. The quantitative estimate of drug-likeness (QED) is 0.772. The third kappa shape index (κ3) is 3.08. The van der Waals surface area contributed by atoms with Gasteiger partial charge in [0.05, 0.1) is 6.54 Å². The number of halogens is 1. The van der Waals surface area contributed by atoms with Crippen LogP contribution in [0.1, 0.15) is 0 Å². The average molecular weight is 340 g/mol. The zero-order valence-electron chi connectivity index (χ0n) is 10.8. The summed E-state index contributed by atoms with van der Waals surface area (Å²) in [5.74, 6) is 0. The molecule has 1 fully saturated rings. The van der Waals surface area contributed by atoms with Gasteiger partial charge in [0.1, 0.15) is 0 Å². The van der Waals surface area contributed by atoms with Crippen LogP contribution in [0, 0.1) is 0 Å². The molecule has 2 aliphatic rings. The number of benzene rings is 1. The fourth-order valence-corrected chi connectivity index (χ4v) is 4.05. The van der Waals surface area contributed by atoms with Crippen molar-refractivity contribution in [3.63, 3.8) is 0 Å². The van der Waals surface area contributed by atoms with Crippen LogP contribution < -0.4 is 4.90 Å².